The SMILES string of the molecule is Cc1cnc(NC(=O)[C@@H]2CC3(CC3)CN2C(=O)C(CC2CCCC2)CC(O)NO)s1. The molecule has 30 heavy (non-hydrogen) atoms. The van der Waals surface area contributed by atoms with E-state index in [1.165, 1.54) is 24.2 Å². The van der Waals surface area contributed by atoms with Gasteiger partial charge in [-0.25, -0.2) is 4.98 Å². The summed E-state index contributed by atoms with van der Waals surface area (Å²) in [5.41, 5.74) is 1.93. The second kappa shape index (κ2) is 8.90. The number of nitrogens with zero attached hydrogens (tertiary/aromatic N) is 2. The number of hydrogen-bond acceptors (Lipinski definition) is 7. The molecule has 1 aliphatic heterocycles. The van der Waals surface area contributed by atoms with E-state index in [0.717, 1.165) is 30.6 Å². The first-order chi connectivity index (χ1) is 14.4. The van der Waals surface area contributed by atoms with Crippen molar-refractivity contribution in [3.05, 3.63) is 11.1 Å². The number of carbonyl (C=O) groups excluding carboxylic acids is 2. The maximum Gasteiger partial charge on any atom is 0.248 e. The fraction of sp³-hybridized carbons (Fsp3) is 0.762. The number of anilines is 1. The Balaban J connectivity index is 1.49. The molecule has 3 fully saturated rings. The third-order valence-corrected chi connectivity index (χ3v) is 7.83. The lowest BCUT2D eigenvalue weighted by molar-refractivity contribution is -0.142. The molecule has 3 aliphatic rings. The van der Waals surface area contributed by atoms with Crippen LogP contribution in [0.3, 0.4) is 0 Å². The van der Waals surface area contributed by atoms with Crippen molar-refractivity contribution in [1.29, 1.82) is 0 Å². The van der Waals surface area contributed by atoms with Gasteiger partial charge in [0.25, 0.3) is 0 Å². The van der Waals surface area contributed by atoms with E-state index in [1.807, 2.05) is 12.4 Å². The maximum absolute atomic E-state index is 13.6. The molecule has 0 bridgehead atoms. The average Bonchev–Trinajstić information content (AvgIpc) is 3.08. The molecule has 2 amide bonds. The van der Waals surface area contributed by atoms with Crippen molar-refractivity contribution >= 4 is 28.3 Å². The standard InChI is InChI=1S/C21H32N4O4S/c1-13-11-22-20(30-13)23-18(27)16-10-21(6-7-21)12-25(16)19(28)15(9-17(26)24-29)8-14-4-2-3-5-14/h11,14-17,24,26,29H,2-10,12H2,1H3,(H,22,23,27)/t15?,16-,17?/m0/s1. The number of aryl methyl sites for hydroxylation is 1. The van der Waals surface area contributed by atoms with Crippen LogP contribution >= 0.6 is 11.3 Å². The number of carbonyl (C=O) groups is 2. The Bertz CT molecular complexity index is 775. The lowest BCUT2D eigenvalue weighted by Crippen LogP contribution is -2.47. The lowest BCUT2D eigenvalue weighted by Gasteiger charge is -2.30. The molecule has 1 spiro atoms. The Hall–Kier alpha value is -1.55. The fourth-order valence-corrected chi connectivity index (χ4v) is 5.83. The lowest BCUT2D eigenvalue weighted by atomic mass is 9.89. The molecule has 166 valence electrons. The number of aromatic nitrogens is 1. The van der Waals surface area contributed by atoms with Crippen molar-refractivity contribution in [2.75, 3.05) is 11.9 Å². The van der Waals surface area contributed by atoms with Gasteiger partial charge in [-0.15, -0.1) is 11.3 Å². The van der Waals surface area contributed by atoms with Crippen LogP contribution in [0.25, 0.3) is 0 Å². The molecule has 1 aromatic rings. The van der Waals surface area contributed by atoms with Gasteiger partial charge in [0, 0.05) is 30.0 Å². The molecule has 1 saturated heterocycles. The first kappa shape index (κ1) is 21.7. The molecule has 9 heteroatoms. The van der Waals surface area contributed by atoms with E-state index in [-0.39, 0.29) is 23.7 Å². The topological polar surface area (TPSA) is 115 Å². The van der Waals surface area contributed by atoms with Crippen molar-refractivity contribution in [3.8, 4) is 0 Å². The third kappa shape index (κ3) is 4.85. The van der Waals surface area contributed by atoms with E-state index in [9.17, 15) is 14.7 Å². The van der Waals surface area contributed by atoms with Gasteiger partial charge in [0.15, 0.2) is 5.13 Å². The molecular formula is C21H32N4O4S. The van der Waals surface area contributed by atoms with Gasteiger partial charge in [-0.3, -0.25) is 9.59 Å². The summed E-state index contributed by atoms with van der Waals surface area (Å²) in [6.07, 6.45) is 8.75. The number of thiazole rings is 1. The highest BCUT2D eigenvalue weighted by atomic mass is 32.1. The van der Waals surface area contributed by atoms with Crippen LogP contribution in [-0.2, 0) is 9.59 Å². The molecule has 2 aliphatic carbocycles. The van der Waals surface area contributed by atoms with Gasteiger partial charge in [0.05, 0.1) is 0 Å². The normalized spacial score (nSPS) is 24.9. The van der Waals surface area contributed by atoms with E-state index in [0.29, 0.717) is 30.4 Å². The zero-order valence-corrected chi connectivity index (χ0v) is 18.3. The summed E-state index contributed by atoms with van der Waals surface area (Å²) >= 11 is 1.42. The van der Waals surface area contributed by atoms with E-state index < -0.39 is 18.2 Å². The molecule has 4 N–H and O–H groups in total. The van der Waals surface area contributed by atoms with Gasteiger partial charge in [0.1, 0.15) is 12.3 Å². The minimum atomic E-state index is -1.15. The molecule has 8 nitrogen and oxygen atoms in total. The number of likely N-dealkylation sites (tertiary alicyclic amines) is 1. The smallest absolute Gasteiger partial charge is 0.248 e. The highest BCUT2D eigenvalue weighted by Crippen LogP contribution is 2.55. The summed E-state index contributed by atoms with van der Waals surface area (Å²) in [5, 5.41) is 22.5. The maximum atomic E-state index is 13.6. The van der Waals surface area contributed by atoms with Crippen LogP contribution in [-0.4, -0.2) is 50.8 Å². The van der Waals surface area contributed by atoms with Crippen LogP contribution < -0.4 is 10.8 Å². The Labute approximate surface area is 181 Å². The number of aliphatic hydroxyl groups excluding tert-OH is 1. The number of amides is 2. The second-order valence-corrected chi connectivity index (χ2v) is 10.6. The quantitative estimate of drug-likeness (QED) is 0.368. The van der Waals surface area contributed by atoms with Crippen molar-refractivity contribution in [3.63, 3.8) is 0 Å². The van der Waals surface area contributed by atoms with Crippen molar-refractivity contribution in [2.45, 2.75) is 77.0 Å². The highest BCUT2D eigenvalue weighted by molar-refractivity contribution is 7.15. The molecule has 2 heterocycles. The van der Waals surface area contributed by atoms with E-state index in [2.05, 4.69) is 10.3 Å². The molecule has 2 unspecified atom stereocenters. The molecule has 4 rings (SSSR count). The van der Waals surface area contributed by atoms with Crippen LogP contribution in [0.2, 0.25) is 0 Å². The Morgan fingerprint density at radius 3 is 2.70 bits per heavy atom. The molecule has 3 atom stereocenters. The van der Waals surface area contributed by atoms with Crippen molar-refractivity contribution in [1.82, 2.24) is 15.4 Å². The van der Waals surface area contributed by atoms with Gasteiger partial charge in [0.2, 0.25) is 11.8 Å². The zero-order valence-electron chi connectivity index (χ0n) is 17.5. The third-order valence-electron chi connectivity index (χ3n) is 7.00. The van der Waals surface area contributed by atoms with Crippen LogP contribution in [0.15, 0.2) is 6.20 Å². The number of hydrogen-bond donors (Lipinski definition) is 4. The Morgan fingerprint density at radius 1 is 1.37 bits per heavy atom. The predicted molar refractivity (Wildman–Crippen MR) is 113 cm³/mol. The summed E-state index contributed by atoms with van der Waals surface area (Å²) in [7, 11) is 0. The molecule has 2 saturated carbocycles. The van der Waals surface area contributed by atoms with Gasteiger partial charge in [-0.1, -0.05) is 25.7 Å². The first-order valence-electron chi connectivity index (χ1n) is 11.0. The number of hydroxylamine groups is 1. The minimum absolute atomic E-state index is 0.0716. The second-order valence-electron chi connectivity index (χ2n) is 9.42. The number of rotatable bonds is 8. The fourth-order valence-electron chi connectivity index (χ4n) is 5.17. The predicted octanol–water partition coefficient (Wildman–Crippen LogP) is 2.65. The number of nitrogens with one attached hydrogen (secondary N) is 2. The van der Waals surface area contributed by atoms with Gasteiger partial charge < -0.3 is 20.5 Å². The van der Waals surface area contributed by atoms with Gasteiger partial charge in [-0.2, -0.15) is 5.48 Å². The molecule has 1 aromatic heterocycles. The van der Waals surface area contributed by atoms with Crippen LogP contribution in [0.4, 0.5) is 5.13 Å². The van der Waals surface area contributed by atoms with Crippen LogP contribution in [0, 0.1) is 24.2 Å². The molecular weight excluding hydrogens is 404 g/mol. The minimum Gasteiger partial charge on any atom is -0.376 e. The number of aliphatic hydroxyl groups is 1. The summed E-state index contributed by atoms with van der Waals surface area (Å²) < 4.78 is 0. The van der Waals surface area contributed by atoms with Gasteiger partial charge >= 0.3 is 0 Å². The first-order valence-corrected chi connectivity index (χ1v) is 11.8. The average molecular weight is 437 g/mol. The summed E-state index contributed by atoms with van der Waals surface area (Å²) in [5.74, 6) is -0.195. The summed E-state index contributed by atoms with van der Waals surface area (Å²) in [6, 6.07) is -0.505. The van der Waals surface area contributed by atoms with E-state index in [1.54, 1.807) is 11.1 Å². The van der Waals surface area contributed by atoms with E-state index >= 15 is 0 Å². The van der Waals surface area contributed by atoms with Crippen molar-refractivity contribution in [2.24, 2.45) is 17.3 Å². The van der Waals surface area contributed by atoms with Crippen LogP contribution in [0.5, 0.6) is 0 Å². The molecule has 0 aromatic carbocycles. The Kier molecular flexibility index (Phi) is 6.43. The van der Waals surface area contributed by atoms with Crippen LogP contribution in [0.1, 0.15) is 62.7 Å². The summed E-state index contributed by atoms with van der Waals surface area (Å²) in [6.45, 7) is 2.54. The largest absolute Gasteiger partial charge is 0.376 e. The Morgan fingerprint density at radius 2 is 2.10 bits per heavy atom. The van der Waals surface area contributed by atoms with Crippen molar-refractivity contribution < 1.29 is 19.9 Å². The summed E-state index contributed by atoms with van der Waals surface area (Å²) in [4.78, 5) is 33.6. The van der Waals surface area contributed by atoms with E-state index in [4.69, 9.17) is 5.21 Å². The zero-order chi connectivity index (χ0) is 21.3. The molecule has 0 radical (unpaired) electrons. The monoisotopic (exact) mass is 436 g/mol. The highest BCUT2D eigenvalue weighted by Gasteiger charge is 2.55. The van der Waals surface area contributed by atoms with Gasteiger partial charge in [-0.05, 0) is 43.9 Å².